The van der Waals surface area contributed by atoms with Crippen molar-refractivity contribution in [1.29, 1.82) is 0 Å². The van der Waals surface area contributed by atoms with E-state index < -0.39 is 4.92 Å². The Bertz CT molecular complexity index is 423. The van der Waals surface area contributed by atoms with E-state index >= 15 is 0 Å². The summed E-state index contributed by atoms with van der Waals surface area (Å²) >= 11 is 0. The minimum atomic E-state index is -0.513. The van der Waals surface area contributed by atoms with Gasteiger partial charge in [-0.2, -0.15) is 4.98 Å². The summed E-state index contributed by atoms with van der Waals surface area (Å²) in [4.78, 5) is 14.4. The predicted molar refractivity (Wildman–Crippen MR) is 71.6 cm³/mol. The van der Waals surface area contributed by atoms with Gasteiger partial charge in [-0.15, -0.1) is 0 Å². The standard InChI is InChI=1S/C12H19N3O4/c1-4-13-11-6-5-10(15(16)17)12(14-11)19-8-7-18-9(2)3/h5-6,9H,4,7-8H2,1-3H3,(H,13,14). The smallest absolute Gasteiger partial charge is 0.331 e. The van der Waals surface area contributed by atoms with Crippen molar-refractivity contribution < 1.29 is 14.4 Å². The summed E-state index contributed by atoms with van der Waals surface area (Å²) in [6.45, 7) is 7.00. The van der Waals surface area contributed by atoms with Gasteiger partial charge in [0.1, 0.15) is 12.4 Å². The summed E-state index contributed by atoms with van der Waals surface area (Å²) in [5.41, 5.74) is -0.147. The van der Waals surface area contributed by atoms with E-state index in [0.29, 0.717) is 19.0 Å². The Kier molecular flexibility index (Phi) is 6.01. The van der Waals surface area contributed by atoms with E-state index in [9.17, 15) is 10.1 Å². The third kappa shape index (κ3) is 5.09. The molecule has 0 unspecified atom stereocenters. The fourth-order valence-corrected chi connectivity index (χ4v) is 1.38. The molecule has 1 rings (SSSR count). The topological polar surface area (TPSA) is 86.5 Å². The molecule has 0 saturated carbocycles. The number of aromatic nitrogens is 1. The third-order valence-electron chi connectivity index (χ3n) is 2.17. The van der Waals surface area contributed by atoms with Crippen molar-refractivity contribution in [3.8, 4) is 5.88 Å². The van der Waals surface area contributed by atoms with Crippen LogP contribution in [-0.2, 0) is 4.74 Å². The lowest BCUT2D eigenvalue weighted by Gasteiger charge is -2.10. The average molecular weight is 269 g/mol. The fraction of sp³-hybridized carbons (Fsp3) is 0.583. The second kappa shape index (κ2) is 7.52. The molecule has 0 fully saturated rings. The van der Waals surface area contributed by atoms with E-state index in [1.807, 2.05) is 20.8 Å². The van der Waals surface area contributed by atoms with Crippen molar-refractivity contribution in [3.63, 3.8) is 0 Å². The Morgan fingerprint density at radius 3 is 2.74 bits per heavy atom. The minimum absolute atomic E-state index is 0.0100. The molecule has 0 aliphatic carbocycles. The number of nitrogens with zero attached hydrogens (tertiary/aromatic N) is 2. The molecule has 0 amide bonds. The van der Waals surface area contributed by atoms with Gasteiger partial charge in [0.2, 0.25) is 0 Å². The van der Waals surface area contributed by atoms with Crippen LogP contribution >= 0.6 is 0 Å². The largest absolute Gasteiger partial charge is 0.470 e. The highest BCUT2D eigenvalue weighted by Crippen LogP contribution is 2.26. The van der Waals surface area contributed by atoms with Gasteiger partial charge in [0, 0.05) is 12.6 Å². The van der Waals surface area contributed by atoms with Gasteiger partial charge in [-0.1, -0.05) is 0 Å². The van der Waals surface area contributed by atoms with Crippen molar-refractivity contribution in [2.75, 3.05) is 25.1 Å². The summed E-state index contributed by atoms with van der Waals surface area (Å²) in [7, 11) is 0. The van der Waals surface area contributed by atoms with Crippen LogP contribution in [0.5, 0.6) is 5.88 Å². The molecule has 1 aromatic heterocycles. The Balaban J connectivity index is 2.71. The average Bonchev–Trinajstić information content (AvgIpc) is 2.34. The lowest BCUT2D eigenvalue weighted by Crippen LogP contribution is -2.13. The highest BCUT2D eigenvalue weighted by molar-refractivity contribution is 5.49. The van der Waals surface area contributed by atoms with Gasteiger partial charge in [0.25, 0.3) is 5.88 Å². The van der Waals surface area contributed by atoms with Crippen molar-refractivity contribution in [3.05, 3.63) is 22.2 Å². The zero-order valence-electron chi connectivity index (χ0n) is 11.4. The molecular weight excluding hydrogens is 250 g/mol. The Morgan fingerprint density at radius 2 is 2.16 bits per heavy atom. The fourth-order valence-electron chi connectivity index (χ4n) is 1.38. The predicted octanol–water partition coefficient (Wildman–Crippen LogP) is 2.23. The molecule has 0 aromatic carbocycles. The number of hydrogen-bond acceptors (Lipinski definition) is 6. The summed E-state index contributed by atoms with van der Waals surface area (Å²) in [5.74, 6) is 0.559. The van der Waals surface area contributed by atoms with Crippen LogP contribution < -0.4 is 10.1 Å². The molecular formula is C12H19N3O4. The van der Waals surface area contributed by atoms with E-state index in [1.54, 1.807) is 6.07 Å². The van der Waals surface area contributed by atoms with Crippen LogP contribution in [0.15, 0.2) is 12.1 Å². The first-order chi connectivity index (χ1) is 9.04. The number of ether oxygens (including phenoxy) is 2. The van der Waals surface area contributed by atoms with Gasteiger partial charge in [-0.25, -0.2) is 0 Å². The first kappa shape index (κ1) is 15.2. The van der Waals surface area contributed by atoms with E-state index in [4.69, 9.17) is 9.47 Å². The molecule has 0 atom stereocenters. The van der Waals surface area contributed by atoms with Gasteiger partial charge >= 0.3 is 5.69 Å². The Morgan fingerprint density at radius 1 is 1.42 bits per heavy atom. The van der Waals surface area contributed by atoms with Crippen LogP contribution in [0.25, 0.3) is 0 Å². The molecule has 0 radical (unpaired) electrons. The second-order valence-electron chi connectivity index (χ2n) is 4.08. The lowest BCUT2D eigenvalue weighted by molar-refractivity contribution is -0.386. The van der Waals surface area contributed by atoms with Crippen LogP contribution in [0.3, 0.4) is 0 Å². The van der Waals surface area contributed by atoms with E-state index in [-0.39, 0.29) is 24.3 Å². The monoisotopic (exact) mass is 269 g/mol. The molecule has 7 heteroatoms. The van der Waals surface area contributed by atoms with Gasteiger partial charge in [0.05, 0.1) is 17.6 Å². The van der Waals surface area contributed by atoms with Crippen molar-refractivity contribution in [1.82, 2.24) is 4.98 Å². The van der Waals surface area contributed by atoms with E-state index in [1.165, 1.54) is 6.07 Å². The molecule has 19 heavy (non-hydrogen) atoms. The number of nitro groups is 1. The molecule has 1 heterocycles. The molecule has 7 nitrogen and oxygen atoms in total. The van der Waals surface area contributed by atoms with Crippen LogP contribution in [0.4, 0.5) is 11.5 Å². The SMILES string of the molecule is CCNc1ccc([N+](=O)[O-])c(OCCOC(C)C)n1. The zero-order valence-corrected chi connectivity index (χ0v) is 11.4. The van der Waals surface area contributed by atoms with Gasteiger partial charge in [-0.05, 0) is 26.8 Å². The molecule has 0 aliphatic rings. The second-order valence-corrected chi connectivity index (χ2v) is 4.08. The molecule has 0 saturated heterocycles. The highest BCUT2D eigenvalue weighted by atomic mass is 16.6. The first-order valence-corrected chi connectivity index (χ1v) is 6.18. The van der Waals surface area contributed by atoms with Crippen molar-refractivity contribution in [2.45, 2.75) is 26.9 Å². The maximum atomic E-state index is 10.9. The van der Waals surface area contributed by atoms with E-state index in [0.717, 1.165) is 0 Å². The van der Waals surface area contributed by atoms with Gasteiger partial charge in [-0.3, -0.25) is 10.1 Å². The van der Waals surface area contributed by atoms with E-state index in [2.05, 4.69) is 10.3 Å². The molecule has 106 valence electrons. The number of anilines is 1. The molecule has 1 aromatic rings. The van der Waals surface area contributed by atoms with Crippen LogP contribution in [-0.4, -0.2) is 35.8 Å². The third-order valence-corrected chi connectivity index (χ3v) is 2.17. The highest BCUT2D eigenvalue weighted by Gasteiger charge is 2.17. The summed E-state index contributed by atoms with van der Waals surface area (Å²) in [5, 5.41) is 13.8. The molecule has 0 aliphatic heterocycles. The first-order valence-electron chi connectivity index (χ1n) is 6.18. The number of pyridine rings is 1. The number of rotatable bonds is 8. The maximum absolute atomic E-state index is 10.9. The number of nitrogens with one attached hydrogen (secondary N) is 1. The Labute approximate surface area is 112 Å². The normalized spacial score (nSPS) is 10.5. The number of hydrogen-bond donors (Lipinski definition) is 1. The van der Waals surface area contributed by atoms with Crippen molar-refractivity contribution in [2.24, 2.45) is 0 Å². The molecule has 1 N–H and O–H groups in total. The summed E-state index contributed by atoms with van der Waals surface area (Å²) in [6.07, 6.45) is 0.0969. The van der Waals surface area contributed by atoms with Crippen LogP contribution in [0.1, 0.15) is 20.8 Å². The molecule has 0 bridgehead atoms. The summed E-state index contributed by atoms with van der Waals surface area (Å²) < 4.78 is 10.6. The van der Waals surface area contributed by atoms with Crippen molar-refractivity contribution >= 4 is 11.5 Å². The van der Waals surface area contributed by atoms with Gasteiger partial charge in [0.15, 0.2) is 0 Å². The maximum Gasteiger partial charge on any atom is 0.331 e. The zero-order chi connectivity index (χ0) is 14.3. The lowest BCUT2D eigenvalue weighted by atomic mass is 10.4. The van der Waals surface area contributed by atoms with Gasteiger partial charge < -0.3 is 14.8 Å². The van der Waals surface area contributed by atoms with Crippen LogP contribution in [0, 0.1) is 10.1 Å². The van der Waals surface area contributed by atoms with Crippen LogP contribution in [0.2, 0.25) is 0 Å². The minimum Gasteiger partial charge on any atom is -0.470 e. The Hall–Kier alpha value is -1.89. The summed E-state index contributed by atoms with van der Waals surface area (Å²) in [6, 6.07) is 2.93. The molecule has 0 spiro atoms. The quantitative estimate of drug-likeness (QED) is 0.442.